The molecular weight excluding hydrogens is 256 g/mol. The van der Waals surface area contributed by atoms with E-state index in [0.29, 0.717) is 12.1 Å². The molecular formula is C15H20N2O3. The molecule has 0 aliphatic heterocycles. The Kier molecular flexibility index (Phi) is 6.29. The Labute approximate surface area is 119 Å². The molecule has 0 aromatic heterocycles. The van der Waals surface area contributed by atoms with E-state index in [4.69, 9.17) is 4.74 Å². The fraction of sp³-hybridized carbons (Fsp3) is 0.333. The molecule has 108 valence electrons. The monoisotopic (exact) mass is 276 g/mol. The van der Waals surface area contributed by atoms with Gasteiger partial charge < -0.3 is 15.4 Å². The number of carbonyl (C=O) groups is 2. The van der Waals surface area contributed by atoms with Crippen LogP contribution in [0.2, 0.25) is 0 Å². The van der Waals surface area contributed by atoms with Crippen LogP contribution >= 0.6 is 0 Å². The van der Waals surface area contributed by atoms with Crippen molar-refractivity contribution in [3.63, 3.8) is 0 Å². The lowest BCUT2D eigenvalue weighted by Gasteiger charge is -2.08. The van der Waals surface area contributed by atoms with E-state index in [1.54, 1.807) is 6.92 Å². The molecule has 0 bridgehead atoms. The predicted molar refractivity (Wildman–Crippen MR) is 77.2 cm³/mol. The first-order chi connectivity index (χ1) is 9.49. The SMILES string of the molecule is C=C(C)C(=O)OCCNC(=O)NCc1cccc(C)c1. The van der Waals surface area contributed by atoms with Gasteiger partial charge in [0.25, 0.3) is 0 Å². The van der Waals surface area contributed by atoms with E-state index >= 15 is 0 Å². The van der Waals surface area contributed by atoms with Gasteiger partial charge in [0.15, 0.2) is 0 Å². The van der Waals surface area contributed by atoms with E-state index in [1.165, 1.54) is 0 Å². The summed E-state index contributed by atoms with van der Waals surface area (Å²) in [7, 11) is 0. The normalized spacial score (nSPS) is 9.70. The number of urea groups is 1. The third-order valence-corrected chi connectivity index (χ3v) is 2.50. The second-order valence-electron chi connectivity index (χ2n) is 4.51. The van der Waals surface area contributed by atoms with Crippen molar-refractivity contribution in [1.82, 2.24) is 10.6 Å². The number of hydrogen-bond acceptors (Lipinski definition) is 3. The summed E-state index contributed by atoms with van der Waals surface area (Å²) in [6.45, 7) is 7.89. The van der Waals surface area contributed by atoms with Gasteiger partial charge in [0.2, 0.25) is 0 Å². The lowest BCUT2D eigenvalue weighted by atomic mass is 10.1. The van der Waals surface area contributed by atoms with Crippen molar-refractivity contribution in [2.24, 2.45) is 0 Å². The molecule has 1 aromatic rings. The lowest BCUT2D eigenvalue weighted by molar-refractivity contribution is -0.138. The van der Waals surface area contributed by atoms with Gasteiger partial charge in [-0.25, -0.2) is 9.59 Å². The zero-order valence-corrected chi connectivity index (χ0v) is 11.9. The molecule has 1 aromatic carbocycles. The van der Waals surface area contributed by atoms with Crippen LogP contribution in [0.5, 0.6) is 0 Å². The fourth-order valence-electron chi connectivity index (χ4n) is 1.50. The summed E-state index contributed by atoms with van der Waals surface area (Å²) in [6, 6.07) is 7.61. The van der Waals surface area contributed by atoms with Gasteiger partial charge in [-0.1, -0.05) is 36.4 Å². The molecule has 2 amide bonds. The van der Waals surface area contributed by atoms with Crippen molar-refractivity contribution in [2.75, 3.05) is 13.2 Å². The van der Waals surface area contributed by atoms with Crippen molar-refractivity contribution in [1.29, 1.82) is 0 Å². The lowest BCUT2D eigenvalue weighted by Crippen LogP contribution is -2.37. The maximum atomic E-state index is 11.5. The van der Waals surface area contributed by atoms with E-state index in [-0.39, 0.29) is 19.2 Å². The standard InChI is InChI=1S/C15H20N2O3/c1-11(2)14(18)20-8-7-16-15(19)17-10-13-6-4-5-12(3)9-13/h4-6,9H,1,7-8,10H2,2-3H3,(H2,16,17,19). The Balaban J connectivity index is 2.18. The number of carbonyl (C=O) groups excluding carboxylic acids is 2. The Hall–Kier alpha value is -2.30. The Morgan fingerprint density at radius 1 is 1.30 bits per heavy atom. The van der Waals surface area contributed by atoms with Crippen LogP contribution in [-0.2, 0) is 16.1 Å². The predicted octanol–water partition coefficient (Wildman–Crippen LogP) is 1.91. The highest BCUT2D eigenvalue weighted by atomic mass is 16.5. The van der Waals surface area contributed by atoms with Gasteiger partial charge in [-0.15, -0.1) is 0 Å². The summed E-state index contributed by atoms with van der Waals surface area (Å²) in [6.07, 6.45) is 0. The van der Waals surface area contributed by atoms with Crippen LogP contribution in [0.3, 0.4) is 0 Å². The Bertz CT molecular complexity index is 498. The number of nitrogens with one attached hydrogen (secondary N) is 2. The van der Waals surface area contributed by atoms with E-state index in [1.807, 2.05) is 31.2 Å². The van der Waals surface area contributed by atoms with E-state index in [9.17, 15) is 9.59 Å². The maximum Gasteiger partial charge on any atom is 0.333 e. The van der Waals surface area contributed by atoms with Gasteiger partial charge in [0.1, 0.15) is 6.61 Å². The van der Waals surface area contributed by atoms with Crippen molar-refractivity contribution in [3.8, 4) is 0 Å². The van der Waals surface area contributed by atoms with Gasteiger partial charge in [-0.3, -0.25) is 0 Å². The highest BCUT2D eigenvalue weighted by Gasteiger charge is 2.03. The van der Waals surface area contributed by atoms with Crippen molar-refractivity contribution < 1.29 is 14.3 Å². The quantitative estimate of drug-likeness (QED) is 0.474. The van der Waals surface area contributed by atoms with Crippen molar-refractivity contribution >= 4 is 12.0 Å². The second-order valence-corrected chi connectivity index (χ2v) is 4.51. The summed E-state index contributed by atoms with van der Waals surface area (Å²) in [4.78, 5) is 22.6. The van der Waals surface area contributed by atoms with Crippen LogP contribution < -0.4 is 10.6 Å². The molecule has 0 saturated heterocycles. The number of hydrogen-bond donors (Lipinski definition) is 2. The highest BCUT2D eigenvalue weighted by Crippen LogP contribution is 2.02. The second kappa shape index (κ2) is 7.99. The highest BCUT2D eigenvalue weighted by molar-refractivity contribution is 5.86. The van der Waals surface area contributed by atoms with Gasteiger partial charge in [0.05, 0.1) is 6.54 Å². The molecule has 20 heavy (non-hydrogen) atoms. The zero-order chi connectivity index (χ0) is 15.0. The van der Waals surface area contributed by atoms with Crippen LogP contribution in [-0.4, -0.2) is 25.2 Å². The molecule has 0 aliphatic rings. The van der Waals surface area contributed by atoms with Crippen molar-refractivity contribution in [3.05, 3.63) is 47.5 Å². The molecule has 0 aliphatic carbocycles. The third kappa shape index (κ3) is 6.04. The molecule has 1 rings (SSSR count). The number of aryl methyl sites for hydroxylation is 1. The molecule has 0 heterocycles. The first-order valence-corrected chi connectivity index (χ1v) is 6.39. The molecule has 5 nitrogen and oxygen atoms in total. The first-order valence-electron chi connectivity index (χ1n) is 6.39. The number of benzene rings is 1. The molecule has 0 fully saturated rings. The molecule has 5 heteroatoms. The topological polar surface area (TPSA) is 67.4 Å². The van der Waals surface area contributed by atoms with Crippen LogP contribution in [0, 0.1) is 6.92 Å². The minimum Gasteiger partial charge on any atom is -0.460 e. The van der Waals surface area contributed by atoms with Gasteiger partial charge in [0, 0.05) is 12.1 Å². The summed E-state index contributed by atoms with van der Waals surface area (Å²) < 4.78 is 4.85. The molecule has 0 spiro atoms. The van der Waals surface area contributed by atoms with Crippen LogP contribution in [0.25, 0.3) is 0 Å². The average Bonchev–Trinajstić information content (AvgIpc) is 2.41. The Morgan fingerprint density at radius 2 is 2.05 bits per heavy atom. The fourth-order valence-corrected chi connectivity index (χ4v) is 1.50. The number of ether oxygens (including phenoxy) is 1. The van der Waals surface area contributed by atoms with Gasteiger partial charge >= 0.3 is 12.0 Å². The molecule has 2 N–H and O–H groups in total. The van der Waals surface area contributed by atoms with E-state index in [2.05, 4.69) is 17.2 Å². The van der Waals surface area contributed by atoms with Gasteiger partial charge in [-0.05, 0) is 19.4 Å². The summed E-state index contributed by atoms with van der Waals surface area (Å²) >= 11 is 0. The molecule has 0 saturated carbocycles. The third-order valence-electron chi connectivity index (χ3n) is 2.50. The van der Waals surface area contributed by atoms with E-state index < -0.39 is 5.97 Å². The summed E-state index contributed by atoms with van der Waals surface area (Å²) in [5.41, 5.74) is 2.53. The molecule has 0 atom stereocenters. The average molecular weight is 276 g/mol. The molecule has 0 radical (unpaired) electrons. The largest absolute Gasteiger partial charge is 0.460 e. The minimum atomic E-state index is -0.452. The van der Waals surface area contributed by atoms with Gasteiger partial charge in [-0.2, -0.15) is 0 Å². The number of amides is 2. The van der Waals surface area contributed by atoms with Crippen LogP contribution in [0.1, 0.15) is 18.1 Å². The molecule has 0 unspecified atom stereocenters. The number of rotatable bonds is 6. The summed E-state index contributed by atoms with van der Waals surface area (Å²) in [5, 5.41) is 5.33. The maximum absolute atomic E-state index is 11.5. The minimum absolute atomic E-state index is 0.129. The summed E-state index contributed by atoms with van der Waals surface area (Å²) in [5.74, 6) is -0.452. The zero-order valence-electron chi connectivity index (χ0n) is 11.9. The number of esters is 1. The van der Waals surface area contributed by atoms with E-state index in [0.717, 1.165) is 11.1 Å². The van der Waals surface area contributed by atoms with Crippen molar-refractivity contribution in [2.45, 2.75) is 20.4 Å². The first kappa shape index (κ1) is 15.8. The van der Waals surface area contributed by atoms with Crippen LogP contribution in [0.4, 0.5) is 4.79 Å². The smallest absolute Gasteiger partial charge is 0.333 e. The Morgan fingerprint density at radius 3 is 2.70 bits per heavy atom. The van der Waals surface area contributed by atoms with Crippen LogP contribution in [0.15, 0.2) is 36.4 Å².